The summed E-state index contributed by atoms with van der Waals surface area (Å²) in [4.78, 5) is 21.6. The van der Waals surface area contributed by atoms with Crippen LogP contribution < -0.4 is 10.6 Å². The van der Waals surface area contributed by atoms with Crippen molar-refractivity contribution in [3.63, 3.8) is 0 Å². The molecule has 0 aromatic rings. The molecule has 1 saturated heterocycles. The normalized spacial score (nSPS) is 26.2. The summed E-state index contributed by atoms with van der Waals surface area (Å²) >= 11 is 0. The Morgan fingerprint density at radius 1 is 1.55 bits per heavy atom. The molecule has 1 rings (SSSR count). The number of urea groups is 1. The topological polar surface area (TPSA) is 58.2 Å². The predicted octanol–water partition coefficient (Wildman–Crippen LogP) is 0.241. The van der Waals surface area contributed by atoms with Crippen LogP contribution in [0.2, 0.25) is 0 Å². The fourth-order valence-corrected chi connectivity index (χ4v) is 1.07. The zero-order chi connectivity index (χ0) is 8.43. The second kappa shape index (κ2) is 2.90. The molecule has 2 atom stereocenters. The number of hydrogen-bond donors (Lipinski definition) is 2. The Hall–Kier alpha value is -1.06. The summed E-state index contributed by atoms with van der Waals surface area (Å²) in [7, 11) is 0. The van der Waals surface area contributed by atoms with Gasteiger partial charge in [-0.05, 0) is 5.92 Å². The average Bonchev–Trinajstić information content (AvgIpc) is 2.28. The van der Waals surface area contributed by atoms with Crippen molar-refractivity contribution in [2.24, 2.45) is 5.92 Å². The fraction of sp³-hybridized carbons (Fsp3) is 0.714. The summed E-state index contributed by atoms with van der Waals surface area (Å²) < 4.78 is 0. The van der Waals surface area contributed by atoms with E-state index in [0.29, 0.717) is 0 Å². The molecule has 3 amide bonds. The van der Waals surface area contributed by atoms with Crippen molar-refractivity contribution in [2.45, 2.75) is 26.3 Å². The smallest absolute Gasteiger partial charge is 0.322 e. The quantitative estimate of drug-likeness (QED) is 0.563. The second-order valence-electron chi connectivity index (χ2n) is 2.83. The van der Waals surface area contributed by atoms with Crippen molar-refractivity contribution >= 4 is 11.9 Å². The lowest BCUT2D eigenvalue weighted by Crippen LogP contribution is -2.35. The van der Waals surface area contributed by atoms with Crippen LogP contribution in [0.3, 0.4) is 0 Å². The summed E-state index contributed by atoms with van der Waals surface area (Å²) in [6.07, 6.45) is 0.887. The summed E-state index contributed by atoms with van der Waals surface area (Å²) in [5.74, 6) is 0.00537. The first-order valence-electron chi connectivity index (χ1n) is 3.76. The van der Waals surface area contributed by atoms with E-state index in [0.717, 1.165) is 6.42 Å². The maximum atomic E-state index is 11.0. The lowest BCUT2D eigenvalue weighted by molar-refractivity contribution is -0.121. The highest BCUT2D eigenvalue weighted by molar-refractivity contribution is 6.04. The van der Waals surface area contributed by atoms with Crippen LogP contribution in [0, 0.1) is 5.92 Å². The number of nitrogens with one attached hydrogen (secondary N) is 2. The van der Waals surface area contributed by atoms with Gasteiger partial charge in [-0.1, -0.05) is 20.3 Å². The van der Waals surface area contributed by atoms with Gasteiger partial charge in [0.1, 0.15) is 6.04 Å². The Kier molecular flexibility index (Phi) is 2.12. The van der Waals surface area contributed by atoms with Gasteiger partial charge in [0.25, 0.3) is 5.91 Å². The lowest BCUT2D eigenvalue weighted by Gasteiger charge is -2.13. The monoisotopic (exact) mass is 156 g/mol. The lowest BCUT2D eigenvalue weighted by atomic mass is 10.00. The van der Waals surface area contributed by atoms with Crippen molar-refractivity contribution in [2.75, 3.05) is 0 Å². The molecule has 1 aliphatic rings. The third-order valence-electron chi connectivity index (χ3n) is 2.02. The number of imide groups is 1. The number of carbonyl (C=O) groups excluding carboxylic acids is 2. The summed E-state index contributed by atoms with van der Waals surface area (Å²) in [5, 5.41) is 4.75. The third kappa shape index (κ3) is 1.50. The molecule has 2 N–H and O–H groups in total. The standard InChI is InChI=1S/C7H12N2O2/c1-3-4(2)5-6(10)9-7(11)8-5/h4-5H,3H2,1-2H3,(H2,8,9,10,11). The van der Waals surface area contributed by atoms with Crippen LogP contribution in [-0.4, -0.2) is 18.0 Å². The molecule has 0 aromatic heterocycles. The van der Waals surface area contributed by atoms with Crippen LogP contribution >= 0.6 is 0 Å². The molecule has 0 spiro atoms. The van der Waals surface area contributed by atoms with Gasteiger partial charge in [-0.25, -0.2) is 4.79 Å². The number of carbonyl (C=O) groups is 2. The van der Waals surface area contributed by atoms with Gasteiger partial charge >= 0.3 is 6.03 Å². The van der Waals surface area contributed by atoms with Crippen molar-refractivity contribution < 1.29 is 9.59 Å². The summed E-state index contributed by atoms with van der Waals surface area (Å²) in [5.41, 5.74) is 0. The number of amides is 3. The van der Waals surface area contributed by atoms with Gasteiger partial charge < -0.3 is 5.32 Å². The van der Waals surface area contributed by atoms with E-state index < -0.39 is 0 Å². The highest BCUT2D eigenvalue weighted by Gasteiger charge is 2.32. The molecular formula is C7H12N2O2. The Balaban J connectivity index is 2.59. The first-order valence-corrected chi connectivity index (χ1v) is 3.76. The minimum atomic E-state index is -0.375. The van der Waals surface area contributed by atoms with Crippen molar-refractivity contribution in [3.05, 3.63) is 0 Å². The Labute approximate surface area is 65.3 Å². The van der Waals surface area contributed by atoms with E-state index in [1.54, 1.807) is 0 Å². The molecule has 1 heterocycles. The predicted molar refractivity (Wildman–Crippen MR) is 39.9 cm³/mol. The molecule has 62 valence electrons. The first-order chi connectivity index (χ1) is 5.15. The van der Waals surface area contributed by atoms with Gasteiger partial charge in [0.05, 0.1) is 0 Å². The molecular weight excluding hydrogens is 144 g/mol. The van der Waals surface area contributed by atoms with Crippen LogP contribution in [0.5, 0.6) is 0 Å². The summed E-state index contributed by atoms with van der Waals surface area (Å²) in [6.45, 7) is 3.93. The Morgan fingerprint density at radius 2 is 2.18 bits per heavy atom. The number of rotatable bonds is 2. The molecule has 0 bridgehead atoms. The Morgan fingerprint density at radius 3 is 2.55 bits per heavy atom. The van der Waals surface area contributed by atoms with E-state index in [4.69, 9.17) is 0 Å². The number of hydrogen-bond acceptors (Lipinski definition) is 2. The van der Waals surface area contributed by atoms with E-state index in [-0.39, 0.29) is 23.9 Å². The van der Waals surface area contributed by atoms with Crippen molar-refractivity contribution in [1.82, 2.24) is 10.6 Å². The zero-order valence-electron chi connectivity index (χ0n) is 6.68. The van der Waals surface area contributed by atoms with E-state index in [1.165, 1.54) is 0 Å². The van der Waals surface area contributed by atoms with E-state index >= 15 is 0 Å². The Bertz CT molecular complexity index is 191. The molecule has 1 aliphatic heterocycles. The van der Waals surface area contributed by atoms with Crippen LogP contribution in [0.15, 0.2) is 0 Å². The van der Waals surface area contributed by atoms with Gasteiger partial charge in [-0.15, -0.1) is 0 Å². The van der Waals surface area contributed by atoms with E-state index in [1.807, 2.05) is 13.8 Å². The van der Waals surface area contributed by atoms with Crippen LogP contribution in [-0.2, 0) is 4.79 Å². The fourth-order valence-electron chi connectivity index (χ4n) is 1.07. The highest BCUT2D eigenvalue weighted by atomic mass is 16.2. The van der Waals surface area contributed by atoms with Crippen LogP contribution in [0.1, 0.15) is 20.3 Å². The molecule has 0 aromatic carbocycles. The minimum Gasteiger partial charge on any atom is -0.326 e. The molecule has 4 heteroatoms. The molecule has 1 fully saturated rings. The molecule has 11 heavy (non-hydrogen) atoms. The summed E-state index contributed by atoms with van der Waals surface area (Å²) in [6, 6.07) is -0.701. The first kappa shape index (κ1) is 8.04. The molecule has 0 saturated carbocycles. The van der Waals surface area contributed by atoms with E-state index in [9.17, 15) is 9.59 Å². The van der Waals surface area contributed by atoms with Gasteiger partial charge in [-0.2, -0.15) is 0 Å². The SMILES string of the molecule is CCC(C)C1NC(=O)NC1=O. The van der Waals surface area contributed by atoms with Crippen molar-refractivity contribution in [1.29, 1.82) is 0 Å². The van der Waals surface area contributed by atoms with Gasteiger partial charge in [-0.3, -0.25) is 10.1 Å². The third-order valence-corrected chi connectivity index (χ3v) is 2.02. The van der Waals surface area contributed by atoms with Crippen molar-refractivity contribution in [3.8, 4) is 0 Å². The maximum Gasteiger partial charge on any atom is 0.322 e. The minimum absolute atomic E-state index is 0.204. The zero-order valence-corrected chi connectivity index (χ0v) is 6.68. The molecule has 2 unspecified atom stereocenters. The molecule has 4 nitrogen and oxygen atoms in total. The second-order valence-corrected chi connectivity index (χ2v) is 2.83. The molecule has 0 radical (unpaired) electrons. The van der Waals surface area contributed by atoms with Crippen LogP contribution in [0.4, 0.5) is 4.79 Å². The van der Waals surface area contributed by atoms with Gasteiger partial charge in [0.15, 0.2) is 0 Å². The highest BCUT2D eigenvalue weighted by Crippen LogP contribution is 2.10. The molecule has 0 aliphatic carbocycles. The van der Waals surface area contributed by atoms with Crippen LogP contribution in [0.25, 0.3) is 0 Å². The average molecular weight is 156 g/mol. The van der Waals surface area contributed by atoms with Gasteiger partial charge in [0, 0.05) is 0 Å². The van der Waals surface area contributed by atoms with E-state index in [2.05, 4.69) is 10.6 Å². The van der Waals surface area contributed by atoms with Gasteiger partial charge in [0.2, 0.25) is 0 Å². The maximum absolute atomic E-state index is 11.0. The largest absolute Gasteiger partial charge is 0.326 e.